The second kappa shape index (κ2) is 7.94. The lowest BCUT2D eigenvalue weighted by atomic mass is 10.3. The Kier molecular flexibility index (Phi) is 5.99. The highest BCUT2D eigenvalue weighted by Gasteiger charge is 2.41. The normalized spacial score (nSPS) is 23.3. The number of sulfone groups is 1. The van der Waals surface area contributed by atoms with E-state index in [2.05, 4.69) is 0 Å². The number of benzene rings is 1. The number of hydrogen-bond acceptors (Lipinski definition) is 6. The van der Waals surface area contributed by atoms with Crippen molar-refractivity contribution in [1.82, 2.24) is 9.21 Å². The minimum absolute atomic E-state index is 0.0886. The van der Waals surface area contributed by atoms with E-state index >= 15 is 0 Å². The standard InChI is InChI=1S/C16H21ClN2O6S2/c17-14-3-1-2-4-15(14)25-11-16(20)18-6-8-19(9-7-18)27(23,24)13-5-10-26(21,22)12-13/h1-4,13H,5-12H2. The Bertz CT molecular complexity index is 911. The molecule has 27 heavy (non-hydrogen) atoms. The van der Waals surface area contributed by atoms with Crippen LogP contribution in [0.15, 0.2) is 24.3 Å². The highest BCUT2D eigenvalue weighted by molar-refractivity contribution is 7.95. The van der Waals surface area contributed by atoms with Crippen molar-refractivity contribution in [3.8, 4) is 5.75 Å². The van der Waals surface area contributed by atoms with Crippen LogP contribution in [0.25, 0.3) is 0 Å². The number of nitrogens with zero attached hydrogens (tertiary/aromatic N) is 2. The highest BCUT2D eigenvalue weighted by atomic mass is 35.5. The average Bonchev–Trinajstić information content (AvgIpc) is 3.01. The maximum Gasteiger partial charge on any atom is 0.260 e. The second-order valence-corrected chi connectivity index (χ2v) is 11.4. The zero-order valence-corrected chi connectivity index (χ0v) is 17.0. The predicted molar refractivity (Wildman–Crippen MR) is 101 cm³/mol. The molecule has 1 unspecified atom stereocenters. The summed E-state index contributed by atoms with van der Waals surface area (Å²) in [6.07, 6.45) is 0.134. The van der Waals surface area contributed by atoms with E-state index in [0.717, 1.165) is 0 Å². The lowest BCUT2D eigenvalue weighted by Gasteiger charge is -2.35. The van der Waals surface area contributed by atoms with Crippen LogP contribution in [0.3, 0.4) is 0 Å². The van der Waals surface area contributed by atoms with Crippen molar-refractivity contribution in [2.45, 2.75) is 11.7 Å². The first kappa shape index (κ1) is 20.4. The van der Waals surface area contributed by atoms with Crippen LogP contribution in [-0.2, 0) is 24.7 Å². The summed E-state index contributed by atoms with van der Waals surface area (Å²) in [4.78, 5) is 13.8. The van der Waals surface area contributed by atoms with Crippen molar-refractivity contribution < 1.29 is 26.4 Å². The van der Waals surface area contributed by atoms with Crippen LogP contribution in [-0.4, -0.2) is 81.5 Å². The number of carbonyl (C=O) groups excluding carboxylic acids is 1. The van der Waals surface area contributed by atoms with Crippen molar-refractivity contribution >= 4 is 37.4 Å². The molecule has 2 saturated heterocycles. The van der Waals surface area contributed by atoms with Crippen LogP contribution in [0.5, 0.6) is 5.75 Å². The smallest absolute Gasteiger partial charge is 0.260 e. The van der Waals surface area contributed by atoms with Gasteiger partial charge in [0, 0.05) is 26.2 Å². The number of sulfonamides is 1. The van der Waals surface area contributed by atoms with Gasteiger partial charge in [0.15, 0.2) is 16.4 Å². The van der Waals surface area contributed by atoms with Crippen LogP contribution in [0.1, 0.15) is 6.42 Å². The monoisotopic (exact) mass is 436 g/mol. The molecular weight excluding hydrogens is 416 g/mol. The second-order valence-electron chi connectivity index (χ2n) is 6.57. The highest BCUT2D eigenvalue weighted by Crippen LogP contribution is 2.24. The van der Waals surface area contributed by atoms with Gasteiger partial charge in [-0.15, -0.1) is 0 Å². The fraction of sp³-hybridized carbons (Fsp3) is 0.562. The predicted octanol–water partition coefficient (Wildman–Crippen LogP) is 0.380. The van der Waals surface area contributed by atoms with Crippen LogP contribution < -0.4 is 4.74 Å². The molecule has 0 aliphatic carbocycles. The molecule has 8 nitrogen and oxygen atoms in total. The zero-order valence-electron chi connectivity index (χ0n) is 14.6. The first-order valence-corrected chi connectivity index (χ1v) is 12.2. The minimum atomic E-state index is -3.68. The third kappa shape index (κ3) is 4.74. The molecule has 0 aromatic heterocycles. The van der Waals surface area contributed by atoms with Gasteiger partial charge in [-0.3, -0.25) is 4.79 Å². The maximum atomic E-state index is 12.6. The van der Waals surface area contributed by atoms with Gasteiger partial charge in [0.05, 0.1) is 21.8 Å². The van der Waals surface area contributed by atoms with Crippen molar-refractivity contribution in [1.29, 1.82) is 0 Å². The average molecular weight is 437 g/mol. The molecule has 3 rings (SSSR count). The first-order chi connectivity index (χ1) is 12.7. The van der Waals surface area contributed by atoms with Crippen LogP contribution in [0.4, 0.5) is 0 Å². The van der Waals surface area contributed by atoms with Gasteiger partial charge in [-0.05, 0) is 18.6 Å². The van der Waals surface area contributed by atoms with Crippen molar-refractivity contribution in [3.05, 3.63) is 29.3 Å². The van der Waals surface area contributed by atoms with Gasteiger partial charge in [0.25, 0.3) is 5.91 Å². The Hall–Kier alpha value is -1.36. The molecule has 1 amide bonds. The van der Waals surface area contributed by atoms with Gasteiger partial charge in [0.1, 0.15) is 5.75 Å². The summed E-state index contributed by atoms with van der Waals surface area (Å²) in [5, 5.41) is -0.471. The summed E-state index contributed by atoms with van der Waals surface area (Å²) in [5.41, 5.74) is 0. The van der Waals surface area contributed by atoms with Gasteiger partial charge in [-0.25, -0.2) is 16.8 Å². The number of hydrogen-bond donors (Lipinski definition) is 0. The van der Waals surface area contributed by atoms with E-state index in [4.69, 9.17) is 16.3 Å². The quantitative estimate of drug-likeness (QED) is 0.661. The SMILES string of the molecule is O=C(COc1ccccc1Cl)N1CCN(S(=O)(=O)C2CCS(=O)(=O)C2)CC1. The van der Waals surface area contributed by atoms with E-state index in [1.54, 1.807) is 24.3 Å². The van der Waals surface area contributed by atoms with Crippen LogP contribution >= 0.6 is 11.6 Å². The molecule has 0 saturated carbocycles. The van der Waals surface area contributed by atoms with E-state index in [9.17, 15) is 21.6 Å². The summed E-state index contributed by atoms with van der Waals surface area (Å²) in [5.74, 6) is -0.249. The fourth-order valence-corrected chi connectivity index (χ4v) is 7.89. The summed E-state index contributed by atoms with van der Waals surface area (Å²) in [7, 11) is -6.95. The molecule has 0 bridgehead atoms. The van der Waals surface area contributed by atoms with Crippen LogP contribution in [0.2, 0.25) is 5.02 Å². The molecule has 1 atom stereocenters. The molecule has 2 aliphatic rings. The van der Waals surface area contributed by atoms with Gasteiger partial charge < -0.3 is 9.64 Å². The molecular formula is C16H21ClN2O6S2. The first-order valence-electron chi connectivity index (χ1n) is 8.53. The van der Waals surface area contributed by atoms with Crippen LogP contribution in [0, 0.1) is 0 Å². The number of amides is 1. The number of piperazine rings is 1. The fourth-order valence-electron chi connectivity index (χ4n) is 3.19. The Morgan fingerprint density at radius 2 is 1.85 bits per heavy atom. The van der Waals surface area contributed by atoms with Gasteiger partial charge in [0.2, 0.25) is 10.0 Å². The van der Waals surface area contributed by atoms with E-state index in [-0.39, 0.29) is 56.6 Å². The lowest BCUT2D eigenvalue weighted by Crippen LogP contribution is -2.53. The van der Waals surface area contributed by atoms with Gasteiger partial charge in [-0.1, -0.05) is 23.7 Å². The molecule has 11 heteroatoms. The Labute approximate surface area is 164 Å². The Morgan fingerprint density at radius 3 is 2.44 bits per heavy atom. The number of para-hydroxylation sites is 1. The summed E-state index contributed by atoms with van der Waals surface area (Å²) in [6, 6.07) is 6.83. The van der Waals surface area contributed by atoms with E-state index in [1.807, 2.05) is 0 Å². The third-order valence-electron chi connectivity index (χ3n) is 4.75. The maximum absolute atomic E-state index is 12.6. The molecule has 0 N–H and O–H groups in total. The molecule has 1 aromatic carbocycles. The Balaban J connectivity index is 1.52. The number of halogens is 1. The zero-order chi connectivity index (χ0) is 19.7. The third-order valence-corrected chi connectivity index (χ3v) is 9.37. The van der Waals surface area contributed by atoms with Crippen molar-refractivity contribution in [2.75, 3.05) is 44.3 Å². The molecule has 0 spiro atoms. The molecule has 2 heterocycles. The van der Waals surface area contributed by atoms with Gasteiger partial charge >= 0.3 is 0 Å². The summed E-state index contributed by atoms with van der Waals surface area (Å²) in [6.45, 7) is 0.595. The molecule has 1 aromatic rings. The number of ether oxygens (including phenoxy) is 1. The minimum Gasteiger partial charge on any atom is -0.482 e. The van der Waals surface area contributed by atoms with Crippen molar-refractivity contribution in [3.63, 3.8) is 0 Å². The topological polar surface area (TPSA) is 101 Å². The van der Waals surface area contributed by atoms with Crippen molar-refractivity contribution in [2.24, 2.45) is 0 Å². The summed E-state index contributed by atoms with van der Waals surface area (Å²) >= 11 is 5.98. The summed E-state index contributed by atoms with van der Waals surface area (Å²) < 4.78 is 55.1. The number of rotatable bonds is 5. The molecule has 2 aliphatic heterocycles. The van der Waals surface area contributed by atoms with E-state index in [1.165, 1.54) is 9.21 Å². The largest absolute Gasteiger partial charge is 0.482 e. The molecule has 150 valence electrons. The van der Waals surface area contributed by atoms with E-state index < -0.39 is 25.1 Å². The lowest BCUT2D eigenvalue weighted by molar-refractivity contribution is -0.134. The Morgan fingerprint density at radius 1 is 1.19 bits per heavy atom. The van der Waals surface area contributed by atoms with E-state index in [0.29, 0.717) is 10.8 Å². The van der Waals surface area contributed by atoms with Gasteiger partial charge in [-0.2, -0.15) is 4.31 Å². The number of carbonyl (C=O) groups is 1. The molecule has 2 fully saturated rings. The molecule has 0 radical (unpaired) electrons.